The molecule has 0 spiro atoms. The van der Waals surface area contributed by atoms with Crippen molar-refractivity contribution in [1.29, 1.82) is 0 Å². The van der Waals surface area contributed by atoms with Crippen LogP contribution in [0.3, 0.4) is 0 Å². The minimum absolute atomic E-state index is 0.510. The number of guanidine groups is 1. The molecule has 0 aliphatic carbocycles. The lowest BCUT2D eigenvalue weighted by Crippen LogP contribution is -2.43. The summed E-state index contributed by atoms with van der Waals surface area (Å²) in [7, 11) is 3.66. The van der Waals surface area contributed by atoms with Gasteiger partial charge in [-0.25, -0.2) is 0 Å². The van der Waals surface area contributed by atoms with Crippen LogP contribution in [0.1, 0.15) is 27.2 Å². The van der Waals surface area contributed by atoms with Crippen LogP contribution in [-0.4, -0.2) is 26.1 Å². The molecule has 1 unspecified atom stereocenters. The molecule has 0 aromatic rings. The molecule has 12 heavy (non-hydrogen) atoms. The van der Waals surface area contributed by atoms with Gasteiger partial charge in [0.1, 0.15) is 0 Å². The highest BCUT2D eigenvalue weighted by atomic mass is 15.2. The van der Waals surface area contributed by atoms with E-state index < -0.39 is 0 Å². The number of rotatable bonds is 3. The van der Waals surface area contributed by atoms with Crippen LogP contribution in [0.5, 0.6) is 0 Å². The molecule has 0 saturated carbocycles. The van der Waals surface area contributed by atoms with Crippen molar-refractivity contribution in [2.75, 3.05) is 14.1 Å². The van der Waals surface area contributed by atoms with E-state index in [1.807, 2.05) is 7.05 Å². The molecular formula is C9H21N3. The molecule has 0 heterocycles. The zero-order chi connectivity index (χ0) is 9.56. The summed E-state index contributed by atoms with van der Waals surface area (Å²) < 4.78 is 0. The molecule has 0 radical (unpaired) electrons. The van der Waals surface area contributed by atoms with Crippen LogP contribution >= 0.6 is 0 Å². The van der Waals surface area contributed by atoms with Crippen molar-refractivity contribution >= 4 is 5.96 Å². The van der Waals surface area contributed by atoms with Crippen molar-refractivity contribution in [2.24, 2.45) is 10.9 Å². The Morgan fingerprint density at radius 1 is 1.42 bits per heavy atom. The quantitative estimate of drug-likeness (QED) is 0.495. The molecule has 0 aliphatic rings. The second-order valence-electron chi connectivity index (χ2n) is 3.23. The normalized spacial score (nSPS) is 14.7. The standard InChI is InChI=1S/C9H21N3/c1-6-8(7(2)3)12-9(10-4)11-5/h7-8H,6H2,1-5H3,(H2,10,11,12). The highest BCUT2D eigenvalue weighted by Crippen LogP contribution is 2.04. The van der Waals surface area contributed by atoms with Crippen molar-refractivity contribution in [3.63, 3.8) is 0 Å². The van der Waals surface area contributed by atoms with E-state index in [0.717, 1.165) is 12.4 Å². The fourth-order valence-corrected chi connectivity index (χ4v) is 1.16. The molecule has 1 atom stereocenters. The molecule has 0 bridgehead atoms. The van der Waals surface area contributed by atoms with Gasteiger partial charge in [0.2, 0.25) is 0 Å². The lowest BCUT2D eigenvalue weighted by molar-refractivity contribution is 0.438. The molecule has 0 fully saturated rings. The molecule has 72 valence electrons. The van der Waals surface area contributed by atoms with Gasteiger partial charge in [-0.3, -0.25) is 4.99 Å². The third kappa shape index (κ3) is 3.60. The van der Waals surface area contributed by atoms with Gasteiger partial charge in [-0.05, 0) is 12.3 Å². The summed E-state index contributed by atoms with van der Waals surface area (Å²) in [5.41, 5.74) is 0. The molecule has 0 aromatic heterocycles. The predicted octanol–water partition coefficient (Wildman–Crippen LogP) is 1.22. The Balaban J connectivity index is 4.01. The van der Waals surface area contributed by atoms with E-state index in [1.165, 1.54) is 0 Å². The minimum Gasteiger partial charge on any atom is -0.359 e. The first kappa shape index (κ1) is 11.3. The van der Waals surface area contributed by atoms with Gasteiger partial charge in [-0.2, -0.15) is 0 Å². The smallest absolute Gasteiger partial charge is 0.190 e. The van der Waals surface area contributed by atoms with Crippen molar-refractivity contribution in [3.05, 3.63) is 0 Å². The monoisotopic (exact) mass is 171 g/mol. The van der Waals surface area contributed by atoms with E-state index in [-0.39, 0.29) is 0 Å². The molecule has 0 saturated heterocycles. The van der Waals surface area contributed by atoms with Gasteiger partial charge in [-0.15, -0.1) is 0 Å². The summed E-state index contributed by atoms with van der Waals surface area (Å²) in [6.07, 6.45) is 1.12. The lowest BCUT2D eigenvalue weighted by Gasteiger charge is -2.22. The van der Waals surface area contributed by atoms with Gasteiger partial charge in [0, 0.05) is 20.1 Å². The van der Waals surface area contributed by atoms with E-state index in [1.54, 1.807) is 7.05 Å². The number of aliphatic imine (C=N–C) groups is 1. The fourth-order valence-electron chi connectivity index (χ4n) is 1.16. The van der Waals surface area contributed by atoms with Crippen LogP contribution in [0.25, 0.3) is 0 Å². The van der Waals surface area contributed by atoms with Crippen LogP contribution in [-0.2, 0) is 0 Å². The van der Waals surface area contributed by atoms with Crippen LogP contribution in [0.4, 0.5) is 0 Å². The highest BCUT2D eigenvalue weighted by molar-refractivity contribution is 5.79. The average molecular weight is 171 g/mol. The van der Waals surface area contributed by atoms with Crippen molar-refractivity contribution < 1.29 is 0 Å². The van der Waals surface area contributed by atoms with E-state index in [2.05, 4.69) is 36.4 Å². The van der Waals surface area contributed by atoms with Gasteiger partial charge in [-0.1, -0.05) is 20.8 Å². The van der Waals surface area contributed by atoms with Gasteiger partial charge in [0.15, 0.2) is 5.96 Å². The SMILES string of the molecule is CCC(NC(=NC)NC)C(C)C. The number of nitrogens with zero attached hydrogens (tertiary/aromatic N) is 1. The summed E-state index contributed by atoms with van der Waals surface area (Å²) in [6.45, 7) is 6.61. The Morgan fingerprint density at radius 2 is 2.00 bits per heavy atom. The van der Waals surface area contributed by atoms with Crippen LogP contribution < -0.4 is 10.6 Å². The van der Waals surface area contributed by atoms with Crippen LogP contribution in [0.15, 0.2) is 4.99 Å². The number of nitrogens with one attached hydrogen (secondary N) is 2. The third-order valence-electron chi connectivity index (χ3n) is 2.03. The van der Waals surface area contributed by atoms with E-state index in [4.69, 9.17) is 0 Å². The highest BCUT2D eigenvalue weighted by Gasteiger charge is 2.10. The van der Waals surface area contributed by atoms with Crippen LogP contribution in [0.2, 0.25) is 0 Å². The summed E-state index contributed by atoms with van der Waals surface area (Å²) in [5, 5.41) is 6.35. The summed E-state index contributed by atoms with van der Waals surface area (Å²) >= 11 is 0. The molecule has 3 nitrogen and oxygen atoms in total. The second kappa shape index (κ2) is 5.86. The summed E-state index contributed by atoms with van der Waals surface area (Å²) in [4.78, 5) is 4.07. The topological polar surface area (TPSA) is 36.4 Å². The molecular weight excluding hydrogens is 150 g/mol. The van der Waals surface area contributed by atoms with Crippen LogP contribution in [0, 0.1) is 5.92 Å². The Bertz CT molecular complexity index is 141. The molecule has 0 rings (SSSR count). The maximum Gasteiger partial charge on any atom is 0.190 e. The summed E-state index contributed by atoms with van der Waals surface area (Å²) in [6, 6.07) is 0.510. The number of hydrogen-bond donors (Lipinski definition) is 2. The maximum absolute atomic E-state index is 4.07. The van der Waals surface area contributed by atoms with Gasteiger partial charge in [0.05, 0.1) is 0 Å². The largest absolute Gasteiger partial charge is 0.359 e. The molecule has 0 aliphatic heterocycles. The predicted molar refractivity (Wildman–Crippen MR) is 54.5 cm³/mol. The Kier molecular flexibility index (Phi) is 5.51. The van der Waals surface area contributed by atoms with Crippen molar-refractivity contribution in [3.8, 4) is 0 Å². The second-order valence-corrected chi connectivity index (χ2v) is 3.23. The first-order valence-electron chi connectivity index (χ1n) is 4.56. The number of hydrogen-bond acceptors (Lipinski definition) is 1. The van der Waals surface area contributed by atoms with Gasteiger partial charge in [0.25, 0.3) is 0 Å². The Morgan fingerprint density at radius 3 is 2.25 bits per heavy atom. The Labute approximate surface area is 75.7 Å². The van der Waals surface area contributed by atoms with Crippen molar-refractivity contribution in [2.45, 2.75) is 33.2 Å². The third-order valence-corrected chi connectivity index (χ3v) is 2.03. The van der Waals surface area contributed by atoms with Crippen molar-refractivity contribution in [1.82, 2.24) is 10.6 Å². The van der Waals surface area contributed by atoms with E-state index in [9.17, 15) is 0 Å². The van der Waals surface area contributed by atoms with E-state index >= 15 is 0 Å². The lowest BCUT2D eigenvalue weighted by atomic mass is 10.0. The summed E-state index contributed by atoms with van der Waals surface area (Å²) in [5.74, 6) is 1.51. The first-order chi connectivity index (χ1) is 5.65. The Hall–Kier alpha value is -0.730. The molecule has 0 amide bonds. The zero-order valence-electron chi connectivity index (χ0n) is 8.81. The zero-order valence-corrected chi connectivity index (χ0v) is 8.81. The minimum atomic E-state index is 0.510. The molecule has 3 heteroatoms. The first-order valence-corrected chi connectivity index (χ1v) is 4.56. The van der Waals surface area contributed by atoms with E-state index in [0.29, 0.717) is 12.0 Å². The van der Waals surface area contributed by atoms with Gasteiger partial charge >= 0.3 is 0 Å². The average Bonchev–Trinajstić information content (AvgIpc) is 2.06. The fraction of sp³-hybridized carbons (Fsp3) is 0.889. The maximum atomic E-state index is 4.07. The van der Waals surface area contributed by atoms with Gasteiger partial charge < -0.3 is 10.6 Å². The molecule has 2 N–H and O–H groups in total. The molecule has 0 aromatic carbocycles.